The first-order valence-corrected chi connectivity index (χ1v) is 9.53. The van der Waals surface area contributed by atoms with Crippen LogP contribution in [0.25, 0.3) is 0 Å². The number of rotatable bonds is 5. The van der Waals surface area contributed by atoms with Crippen LogP contribution in [0.15, 0.2) is 47.4 Å². The van der Waals surface area contributed by atoms with Gasteiger partial charge in [0.2, 0.25) is 5.91 Å². The minimum atomic E-state index is -4.51. The summed E-state index contributed by atoms with van der Waals surface area (Å²) < 4.78 is 57.5. The molecule has 2 aromatic rings. The smallest absolute Gasteiger partial charge is 0.378 e. The quantitative estimate of drug-likeness (QED) is 0.581. The van der Waals surface area contributed by atoms with Gasteiger partial charge in [-0.2, -0.15) is 13.2 Å². The molecule has 1 aliphatic rings. The van der Waals surface area contributed by atoms with Crippen molar-refractivity contribution in [2.45, 2.75) is 11.1 Å². The number of nitrogens with zero attached hydrogens (tertiary/aromatic N) is 1. The number of ether oxygens (including phenoxy) is 1. The van der Waals surface area contributed by atoms with Crippen molar-refractivity contribution in [1.29, 1.82) is 0 Å². The molecule has 1 amide bonds. The molecule has 0 bridgehead atoms. The summed E-state index contributed by atoms with van der Waals surface area (Å²) >= 11 is 1.17. The number of hydrogen-bond acceptors (Lipinski definition) is 4. The highest BCUT2D eigenvalue weighted by molar-refractivity contribution is 8.00. The van der Waals surface area contributed by atoms with Gasteiger partial charge in [0.25, 0.3) is 0 Å². The van der Waals surface area contributed by atoms with Crippen molar-refractivity contribution in [3.05, 3.63) is 53.8 Å². The van der Waals surface area contributed by atoms with Crippen molar-refractivity contribution >= 4 is 29.0 Å². The summed E-state index contributed by atoms with van der Waals surface area (Å²) in [6.45, 7) is 1.99. The number of carbonyl (C=O) groups is 1. The molecule has 0 spiro atoms. The second-order valence-corrected chi connectivity index (χ2v) is 7.17. The summed E-state index contributed by atoms with van der Waals surface area (Å²) in [6.07, 6.45) is -4.51. The predicted molar refractivity (Wildman–Crippen MR) is 100 cm³/mol. The SMILES string of the molecule is O=C(CSc1ccc(F)cc1)Nc1cc(C(F)(F)F)ccc1N1CCOCC1. The fourth-order valence-electron chi connectivity index (χ4n) is 2.76. The molecule has 1 heterocycles. The normalized spacial score (nSPS) is 14.8. The molecule has 0 saturated carbocycles. The maximum Gasteiger partial charge on any atom is 0.416 e. The number of anilines is 2. The van der Waals surface area contributed by atoms with Gasteiger partial charge in [0.1, 0.15) is 5.82 Å². The van der Waals surface area contributed by atoms with Crippen LogP contribution in [0.2, 0.25) is 0 Å². The van der Waals surface area contributed by atoms with Crippen LogP contribution in [0, 0.1) is 5.82 Å². The van der Waals surface area contributed by atoms with E-state index >= 15 is 0 Å². The maximum atomic E-state index is 13.1. The molecule has 0 aromatic heterocycles. The number of benzene rings is 2. The Bertz CT molecular complexity index is 822. The molecule has 4 nitrogen and oxygen atoms in total. The van der Waals surface area contributed by atoms with Crippen molar-refractivity contribution in [2.75, 3.05) is 42.3 Å². The second kappa shape index (κ2) is 8.83. The monoisotopic (exact) mass is 414 g/mol. The third-order valence-electron chi connectivity index (χ3n) is 4.13. The van der Waals surface area contributed by atoms with E-state index in [0.29, 0.717) is 36.9 Å². The summed E-state index contributed by atoms with van der Waals surface area (Å²) in [5.74, 6) is -0.833. The second-order valence-electron chi connectivity index (χ2n) is 6.12. The van der Waals surface area contributed by atoms with Gasteiger partial charge in [0, 0.05) is 18.0 Å². The Morgan fingerprint density at radius 2 is 1.79 bits per heavy atom. The molecule has 1 N–H and O–H groups in total. The lowest BCUT2D eigenvalue weighted by molar-refractivity contribution is -0.137. The van der Waals surface area contributed by atoms with E-state index < -0.39 is 17.6 Å². The molecule has 0 aliphatic carbocycles. The topological polar surface area (TPSA) is 41.6 Å². The summed E-state index contributed by atoms with van der Waals surface area (Å²) in [5, 5.41) is 2.59. The number of carbonyl (C=O) groups excluding carboxylic acids is 1. The minimum absolute atomic E-state index is 0.00950. The van der Waals surface area contributed by atoms with Crippen LogP contribution in [0.4, 0.5) is 28.9 Å². The molecule has 150 valence electrons. The van der Waals surface area contributed by atoms with Crippen molar-refractivity contribution in [2.24, 2.45) is 0 Å². The van der Waals surface area contributed by atoms with Crippen molar-refractivity contribution in [3.63, 3.8) is 0 Å². The molecule has 1 fully saturated rings. The van der Waals surface area contributed by atoms with E-state index in [0.717, 1.165) is 12.1 Å². The van der Waals surface area contributed by atoms with Crippen LogP contribution in [0.1, 0.15) is 5.56 Å². The predicted octanol–water partition coefficient (Wildman–Crippen LogP) is 4.41. The van der Waals surface area contributed by atoms with Gasteiger partial charge in [0.15, 0.2) is 0 Å². The fourth-order valence-corrected chi connectivity index (χ4v) is 3.46. The molecule has 0 radical (unpaired) electrons. The highest BCUT2D eigenvalue weighted by atomic mass is 32.2. The van der Waals surface area contributed by atoms with E-state index in [2.05, 4.69) is 5.32 Å². The Balaban J connectivity index is 1.75. The molecule has 1 saturated heterocycles. The number of thioether (sulfide) groups is 1. The Morgan fingerprint density at radius 1 is 1.11 bits per heavy atom. The lowest BCUT2D eigenvalue weighted by Gasteiger charge is -2.31. The van der Waals surface area contributed by atoms with Crippen LogP contribution in [-0.4, -0.2) is 38.0 Å². The van der Waals surface area contributed by atoms with Crippen molar-refractivity contribution < 1.29 is 27.1 Å². The average molecular weight is 414 g/mol. The largest absolute Gasteiger partial charge is 0.416 e. The van der Waals surface area contributed by atoms with E-state index in [-0.39, 0.29) is 17.3 Å². The molecule has 1 aliphatic heterocycles. The maximum absolute atomic E-state index is 13.1. The van der Waals surface area contributed by atoms with Crippen molar-refractivity contribution in [1.82, 2.24) is 0 Å². The van der Waals surface area contributed by atoms with E-state index in [9.17, 15) is 22.4 Å². The number of alkyl halides is 3. The first kappa shape index (κ1) is 20.5. The van der Waals surface area contributed by atoms with Gasteiger partial charge in [-0.25, -0.2) is 4.39 Å². The summed E-state index contributed by atoms with van der Waals surface area (Å²) in [6, 6.07) is 8.97. The van der Waals surface area contributed by atoms with Gasteiger partial charge in [0.05, 0.1) is 35.9 Å². The first-order chi connectivity index (χ1) is 13.3. The third kappa shape index (κ3) is 5.39. The molecule has 3 rings (SSSR count). The van der Waals surface area contributed by atoms with Crippen LogP contribution in [-0.2, 0) is 15.7 Å². The van der Waals surface area contributed by atoms with E-state index in [4.69, 9.17) is 4.74 Å². The zero-order valence-corrected chi connectivity index (χ0v) is 15.6. The van der Waals surface area contributed by atoms with Crippen LogP contribution in [0.5, 0.6) is 0 Å². The molecule has 2 aromatic carbocycles. The lowest BCUT2D eigenvalue weighted by atomic mass is 10.1. The Labute approximate surface area is 163 Å². The van der Waals surface area contributed by atoms with Gasteiger partial charge in [-0.3, -0.25) is 4.79 Å². The molecule has 0 unspecified atom stereocenters. The number of amides is 1. The van der Waals surface area contributed by atoms with Gasteiger partial charge in [-0.15, -0.1) is 11.8 Å². The highest BCUT2D eigenvalue weighted by Gasteiger charge is 2.31. The van der Waals surface area contributed by atoms with Gasteiger partial charge >= 0.3 is 6.18 Å². The molecule has 28 heavy (non-hydrogen) atoms. The number of nitrogens with one attached hydrogen (secondary N) is 1. The van der Waals surface area contributed by atoms with Crippen LogP contribution in [0.3, 0.4) is 0 Å². The minimum Gasteiger partial charge on any atom is -0.378 e. The lowest BCUT2D eigenvalue weighted by Crippen LogP contribution is -2.37. The molecular formula is C19H18F4N2O2S. The number of morpholine rings is 1. The summed E-state index contributed by atoms with van der Waals surface area (Å²) in [4.78, 5) is 14.9. The summed E-state index contributed by atoms with van der Waals surface area (Å²) in [5.41, 5.74) is -0.191. The fraction of sp³-hybridized carbons (Fsp3) is 0.316. The zero-order valence-electron chi connectivity index (χ0n) is 14.8. The molecule has 0 atom stereocenters. The molecule has 9 heteroatoms. The standard InChI is InChI=1S/C19H18F4N2O2S/c20-14-2-4-15(5-3-14)28-12-18(26)24-16-11-13(19(21,22)23)1-6-17(16)25-7-9-27-10-8-25/h1-6,11H,7-10,12H2,(H,24,26). The average Bonchev–Trinajstić information content (AvgIpc) is 2.67. The van der Waals surface area contributed by atoms with E-state index in [1.54, 1.807) is 0 Å². The first-order valence-electron chi connectivity index (χ1n) is 8.55. The van der Waals surface area contributed by atoms with E-state index in [1.807, 2.05) is 4.90 Å². The van der Waals surface area contributed by atoms with Crippen LogP contribution < -0.4 is 10.2 Å². The highest BCUT2D eigenvalue weighted by Crippen LogP contribution is 2.36. The summed E-state index contributed by atoms with van der Waals surface area (Å²) in [7, 11) is 0. The molecular weight excluding hydrogens is 396 g/mol. The van der Waals surface area contributed by atoms with Gasteiger partial charge in [-0.05, 0) is 42.5 Å². The Hall–Kier alpha value is -2.26. The Kier molecular flexibility index (Phi) is 6.46. The van der Waals surface area contributed by atoms with Crippen molar-refractivity contribution in [3.8, 4) is 0 Å². The number of halogens is 4. The van der Waals surface area contributed by atoms with E-state index in [1.165, 1.54) is 42.1 Å². The van der Waals surface area contributed by atoms with Gasteiger partial charge < -0.3 is 15.0 Å². The van der Waals surface area contributed by atoms with Gasteiger partial charge in [-0.1, -0.05) is 0 Å². The number of hydrogen-bond donors (Lipinski definition) is 1. The third-order valence-corrected chi connectivity index (χ3v) is 5.15. The Morgan fingerprint density at radius 3 is 2.43 bits per heavy atom. The van der Waals surface area contributed by atoms with Crippen LogP contribution >= 0.6 is 11.8 Å². The zero-order chi connectivity index (χ0) is 20.1.